The molecule has 0 aliphatic heterocycles. The molecule has 0 saturated carbocycles. The minimum atomic E-state index is -0.965. The third kappa shape index (κ3) is 104. The molecule has 0 fully saturated rings. The van der Waals surface area contributed by atoms with Gasteiger partial charge >= 0.3 is 5.97 Å². The molecule has 0 rings (SSSR count). The highest BCUT2D eigenvalue weighted by Gasteiger charge is 2.25. The van der Waals surface area contributed by atoms with E-state index < -0.39 is 140 Å². The van der Waals surface area contributed by atoms with Crippen LogP contribution >= 0.6 is 47.8 Å². The van der Waals surface area contributed by atoms with E-state index in [1.165, 1.54) is 35.4 Å². The van der Waals surface area contributed by atoms with Crippen molar-refractivity contribution >= 4 is 53.8 Å². The summed E-state index contributed by atoms with van der Waals surface area (Å²) < 4.78 is 145. The molecule has 0 spiro atoms. The van der Waals surface area contributed by atoms with Gasteiger partial charge in [-0.15, -0.1) is 19.7 Å². The lowest BCUT2D eigenvalue weighted by atomic mass is 10.3. The van der Waals surface area contributed by atoms with Crippen LogP contribution in [0.1, 0.15) is 47.0 Å². The third-order valence-corrected chi connectivity index (χ3v) is 19.0. The Morgan fingerprint density at radius 2 is 0.387 bits per heavy atom. The van der Waals surface area contributed by atoms with Crippen molar-refractivity contribution < 1.29 is 225 Å². The van der Waals surface area contributed by atoms with E-state index in [0.717, 1.165) is 0 Å². The Kier molecular flexibility index (Phi) is 112. The van der Waals surface area contributed by atoms with E-state index >= 15 is 0 Å². The molecule has 137 heavy (non-hydrogen) atoms. The Labute approximate surface area is 835 Å². The van der Waals surface area contributed by atoms with E-state index in [2.05, 4.69) is 72.3 Å². The topological polar surface area (TPSA) is 630 Å². The maximum atomic E-state index is 10.2. The van der Waals surface area contributed by atoms with Crippen LogP contribution < -0.4 is 0 Å². The molecule has 23 atom stereocenters. The van der Waals surface area contributed by atoms with Crippen LogP contribution in [-0.2, 0) is 133 Å². The predicted molar refractivity (Wildman–Crippen MR) is 509 cm³/mol. The summed E-state index contributed by atoms with van der Waals surface area (Å²) in [7, 11) is 7.41. The molecule has 0 radical (unpaired) electrons. The van der Waals surface area contributed by atoms with Gasteiger partial charge in [-0.25, -0.2) is 0 Å². The number of aliphatic hydroxyl groups excluding tert-OH is 18. The van der Waals surface area contributed by atoms with Crippen molar-refractivity contribution in [1.82, 2.24) is 0 Å². The van der Waals surface area contributed by atoms with Crippen molar-refractivity contribution in [2.24, 2.45) is 0 Å². The van der Waals surface area contributed by atoms with Gasteiger partial charge in [-0.1, -0.05) is 86.8 Å². The van der Waals surface area contributed by atoms with Crippen LogP contribution in [0, 0.1) is 0 Å². The van der Waals surface area contributed by atoms with Crippen molar-refractivity contribution in [1.29, 1.82) is 0 Å². The van der Waals surface area contributed by atoms with Gasteiger partial charge in [0.1, 0.15) is 104 Å². The van der Waals surface area contributed by atoms with E-state index in [1.807, 2.05) is 20.8 Å². The molecular weight excluding hydrogens is 2030 g/mol. The zero-order valence-corrected chi connectivity index (χ0v) is 86.7. The first-order chi connectivity index (χ1) is 65.8. The number of ether oxygens (including phenoxy) is 27. The first-order valence-electron chi connectivity index (χ1n) is 45.4. The maximum Gasteiger partial charge on any atom is 0.302 e. The highest BCUT2D eigenvalue weighted by Crippen LogP contribution is 2.11. The van der Waals surface area contributed by atoms with Gasteiger partial charge in [-0.2, -0.15) is 0 Å². The highest BCUT2D eigenvalue weighted by atomic mass is 79.9. The smallest absolute Gasteiger partial charge is 0.302 e. The van der Waals surface area contributed by atoms with Crippen molar-refractivity contribution in [3.63, 3.8) is 0 Å². The molecule has 0 heterocycles. The number of aliphatic hydroxyl groups is 18. The molecule has 0 aliphatic carbocycles. The zero-order chi connectivity index (χ0) is 104. The normalized spacial score (nSPS) is 16.7. The summed E-state index contributed by atoms with van der Waals surface area (Å²) in [4.78, 5) is 9.59. The second kappa shape index (κ2) is 107. The molecular formula is C88H175Br3O46. The van der Waals surface area contributed by atoms with Crippen LogP contribution in [0.3, 0.4) is 0 Å². The van der Waals surface area contributed by atoms with E-state index in [4.69, 9.17) is 138 Å². The molecule has 0 bridgehead atoms. The van der Waals surface area contributed by atoms with Crippen molar-refractivity contribution in [2.75, 3.05) is 336 Å². The predicted octanol–water partition coefficient (Wildman–Crippen LogP) is -3.61. The molecule has 49 heteroatoms. The molecule has 0 aromatic carbocycles. The molecule has 824 valence electrons. The lowest BCUT2D eigenvalue weighted by Gasteiger charge is -2.24. The maximum absolute atomic E-state index is 10.2. The minimum absolute atomic E-state index is 0.00186. The second-order valence-corrected chi connectivity index (χ2v) is 32.6. The lowest BCUT2D eigenvalue weighted by molar-refractivity contribution is -0.137. The first-order valence-corrected chi connectivity index (χ1v) is 48.7. The Balaban J connectivity index is -0.000000584. The summed E-state index contributed by atoms with van der Waals surface area (Å²) in [6.45, 7) is 20.4. The van der Waals surface area contributed by atoms with Crippen molar-refractivity contribution in [3.8, 4) is 0 Å². The van der Waals surface area contributed by atoms with Gasteiger partial charge < -0.3 is 220 Å². The third-order valence-electron chi connectivity index (χ3n) is 16.8. The molecule has 0 aliphatic rings. The van der Waals surface area contributed by atoms with Gasteiger partial charge in [0.2, 0.25) is 0 Å². The Morgan fingerprint density at radius 1 is 0.226 bits per heavy atom. The molecule has 0 amide bonds. The average Bonchev–Trinajstić information content (AvgIpc) is 0.930. The van der Waals surface area contributed by atoms with E-state index in [1.54, 1.807) is 25.3 Å². The highest BCUT2D eigenvalue weighted by molar-refractivity contribution is 9.09. The summed E-state index contributed by atoms with van der Waals surface area (Å²) in [6.07, 6.45) is -9.85. The fourth-order valence-corrected chi connectivity index (χ4v) is 9.93. The number of methoxy groups -OCH3 is 5. The van der Waals surface area contributed by atoms with Gasteiger partial charge in [0, 0.05) is 51.4 Å². The van der Waals surface area contributed by atoms with Gasteiger partial charge in [-0.3, -0.25) is 4.79 Å². The number of rotatable bonds is 97. The van der Waals surface area contributed by atoms with E-state index in [0.29, 0.717) is 55.1 Å². The molecule has 0 saturated heterocycles. The van der Waals surface area contributed by atoms with Gasteiger partial charge in [0.05, 0.1) is 328 Å². The van der Waals surface area contributed by atoms with Crippen LogP contribution in [0.25, 0.3) is 0 Å². The number of alkyl halides is 3. The minimum Gasteiger partial charge on any atom is -0.469 e. The Bertz CT molecular complexity index is 2380. The van der Waals surface area contributed by atoms with Crippen LogP contribution in [0.5, 0.6) is 0 Å². The Hall–Kier alpha value is -1.63. The van der Waals surface area contributed by atoms with Crippen molar-refractivity contribution in [2.45, 2.75) is 187 Å². The number of carbonyl (C=O) groups is 1. The standard InChI is InChI=1S/C28H58O14.C25H49Br3O14.C25H46O11.C7H16O5.C3H6O2/c1-5-21(29)8-36-11-24(32)13-39-18-27(17-35-4)42-20-28(41-16-26(34)15-38-10-23(31)7-3)19-40-14-25(33)12-37-9-22(30)6-2;1-35-14-24(15-39-10-21(32)8-36-5-18(29)2-26)42-17-25(41-13-23(34)12-38-7-20(31)4-28)16-40-11-22(33)9-37-6-19(30)3-27;1-5-8-30-11-21(26)14-33-18-24(17-29-4)36-20-25(35-16-23(28)13-32-10-7-3)19-34-15-22(27)12-31-9-6-2;1-11-5-7(3-9)12-4-6(10)2-8;1-3(4)5-2/h21-34H,5-20H2,1-4H3;18-25,29-34H,2-17H2,1H3;5-7,21-28H,1-3,8-20H2,4H3;6-10H,2-5H2,1H3;1-2H3. The fraction of sp³-hybridized carbons (Fsp3) is 0.920. The summed E-state index contributed by atoms with van der Waals surface area (Å²) in [5.74, 6) is -0.245. The molecule has 23 unspecified atom stereocenters. The first kappa shape index (κ1) is 144. The lowest BCUT2D eigenvalue weighted by Crippen LogP contribution is -2.36. The van der Waals surface area contributed by atoms with Crippen LogP contribution in [0.4, 0.5) is 0 Å². The van der Waals surface area contributed by atoms with Gasteiger partial charge in [0.15, 0.2) is 0 Å². The molecule has 0 aromatic heterocycles. The van der Waals surface area contributed by atoms with Crippen LogP contribution in [0.2, 0.25) is 0 Å². The Morgan fingerprint density at radius 3 is 0.569 bits per heavy atom. The van der Waals surface area contributed by atoms with Gasteiger partial charge in [0.25, 0.3) is 0 Å². The quantitative estimate of drug-likeness (QED) is 0.0121. The number of hydrogen-bond donors (Lipinski definition) is 18. The second-order valence-electron chi connectivity index (χ2n) is 30.6. The molecule has 18 N–H and O–H groups in total. The summed E-state index contributed by atoms with van der Waals surface area (Å²) in [6, 6.07) is 0. The number of carbonyl (C=O) groups excluding carboxylic acids is 1. The van der Waals surface area contributed by atoms with E-state index in [9.17, 15) is 81.4 Å². The number of esters is 1. The summed E-state index contributed by atoms with van der Waals surface area (Å²) >= 11 is 9.41. The van der Waals surface area contributed by atoms with Crippen LogP contribution in [-0.4, -0.2) is 574 Å². The number of hydrogen-bond acceptors (Lipinski definition) is 46. The van der Waals surface area contributed by atoms with Gasteiger partial charge in [-0.05, 0) is 19.3 Å². The largest absolute Gasteiger partial charge is 0.469 e. The summed E-state index contributed by atoms with van der Waals surface area (Å²) in [5.41, 5.74) is 0. The zero-order valence-electron chi connectivity index (χ0n) is 81.9. The van der Waals surface area contributed by atoms with E-state index in [-0.39, 0.29) is 270 Å². The van der Waals surface area contributed by atoms with Crippen molar-refractivity contribution in [3.05, 3.63) is 38.0 Å². The molecule has 46 nitrogen and oxygen atoms in total. The van der Waals surface area contributed by atoms with Crippen LogP contribution in [0.15, 0.2) is 38.0 Å². The monoisotopic (exact) mass is 2200 g/mol. The summed E-state index contributed by atoms with van der Waals surface area (Å²) in [5, 5.41) is 175. The SMILES string of the molecule is C=CCOCC(O)COCC(COC)OCC(COCC(O)COCC=C)OCC(O)COCC=C.CCC(O)COCC(O)COCC(COC)OCC(COCC(O)COCC(O)CC)OCC(O)COCC(O)CC.COC(C)=O.COCC(CO)OCC(O)CO.COCC(COCC(O)COCC(O)CBr)OCC(COCC(O)COCC(O)CBr)OCC(O)COCC(O)CBr. The number of halogens is 3. The molecule has 0 aromatic rings. The average molecular weight is 2210 g/mol. The fourth-order valence-electron chi connectivity index (χ4n) is 9.37.